The van der Waals surface area contributed by atoms with Crippen molar-refractivity contribution in [3.63, 3.8) is 0 Å². The lowest BCUT2D eigenvalue weighted by Crippen LogP contribution is -1.98. The van der Waals surface area contributed by atoms with Gasteiger partial charge in [-0.25, -0.2) is 0 Å². The zero-order valence-corrected chi connectivity index (χ0v) is 11.0. The molecule has 0 spiro atoms. The van der Waals surface area contributed by atoms with Crippen LogP contribution < -0.4 is 4.74 Å². The third kappa shape index (κ3) is 3.09. The van der Waals surface area contributed by atoms with Gasteiger partial charge in [0.1, 0.15) is 5.75 Å². The van der Waals surface area contributed by atoms with Crippen molar-refractivity contribution in [3.8, 4) is 5.75 Å². The molecule has 1 heterocycles. The van der Waals surface area contributed by atoms with Crippen LogP contribution >= 0.6 is 0 Å². The lowest BCUT2D eigenvalue weighted by Gasteiger charge is -2.04. The lowest BCUT2D eigenvalue weighted by atomic mass is 10.2. The Bertz CT molecular complexity index is 506. The van der Waals surface area contributed by atoms with E-state index in [9.17, 15) is 0 Å². The van der Waals surface area contributed by atoms with Crippen LogP contribution in [0, 0.1) is 0 Å². The highest BCUT2D eigenvalue weighted by Gasteiger charge is 2.10. The van der Waals surface area contributed by atoms with Gasteiger partial charge in [-0.2, -0.15) is 4.98 Å². The minimum absolute atomic E-state index is 0.245. The molecule has 0 amide bonds. The average Bonchev–Trinajstić information content (AvgIpc) is 2.85. The average molecular weight is 246 g/mol. The van der Waals surface area contributed by atoms with Crippen molar-refractivity contribution in [1.82, 2.24) is 10.1 Å². The number of benzene rings is 1. The number of ether oxygens (including phenoxy) is 1. The van der Waals surface area contributed by atoms with E-state index in [1.807, 2.05) is 32.0 Å². The van der Waals surface area contributed by atoms with Crippen molar-refractivity contribution in [2.75, 3.05) is 0 Å². The summed E-state index contributed by atoms with van der Waals surface area (Å²) in [5, 5.41) is 3.88. The summed E-state index contributed by atoms with van der Waals surface area (Å²) in [6.07, 6.45) is 0.997. The van der Waals surface area contributed by atoms with Gasteiger partial charge in [0.05, 0.1) is 0 Å². The molecule has 1 aromatic carbocycles. The van der Waals surface area contributed by atoms with E-state index >= 15 is 0 Å². The molecule has 1 aromatic heterocycles. The van der Waals surface area contributed by atoms with Crippen LogP contribution in [0.5, 0.6) is 5.75 Å². The van der Waals surface area contributed by atoms with Crippen molar-refractivity contribution in [2.24, 2.45) is 0 Å². The van der Waals surface area contributed by atoms with E-state index in [-0.39, 0.29) is 5.92 Å². The minimum Gasteiger partial charge on any atom is -0.485 e. The molecule has 0 fully saturated rings. The van der Waals surface area contributed by atoms with Gasteiger partial charge in [-0.1, -0.05) is 38.1 Å². The predicted octanol–water partition coefficient (Wildman–Crippen LogP) is 3.33. The maximum absolute atomic E-state index is 5.64. The second-order valence-electron chi connectivity index (χ2n) is 4.49. The number of hydrogen-bond donors (Lipinski definition) is 0. The van der Waals surface area contributed by atoms with Crippen molar-refractivity contribution in [3.05, 3.63) is 41.5 Å². The molecule has 0 aliphatic heterocycles. The van der Waals surface area contributed by atoms with Gasteiger partial charge in [0.15, 0.2) is 6.61 Å². The predicted molar refractivity (Wildman–Crippen MR) is 68.5 cm³/mol. The summed E-state index contributed by atoms with van der Waals surface area (Å²) in [6, 6.07) is 8.04. The first-order valence-corrected chi connectivity index (χ1v) is 6.23. The molecule has 0 atom stereocenters. The fourth-order valence-electron chi connectivity index (χ4n) is 1.56. The quantitative estimate of drug-likeness (QED) is 0.811. The SMILES string of the molecule is CCc1cccc(OCc2noc(C(C)C)n2)c1. The van der Waals surface area contributed by atoms with Gasteiger partial charge in [-0.05, 0) is 24.1 Å². The van der Waals surface area contributed by atoms with Gasteiger partial charge in [-0.15, -0.1) is 0 Å². The molecule has 0 radical (unpaired) electrons. The maximum atomic E-state index is 5.64. The Balaban J connectivity index is 1.97. The van der Waals surface area contributed by atoms with E-state index < -0.39 is 0 Å². The molecule has 0 aliphatic carbocycles. The van der Waals surface area contributed by atoms with Crippen molar-refractivity contribution in [1.29, 1.82) is 0 Å². The second-order valence-corrected chi connectivity index (χ2v) is 4.49. The van der Waals surface area contributed by atoms with Crippen LogP contribution in [0.1, 0.15) is 44.0 Å². The fourth-order valence-corrected chi connectivity index (χ4v) is 1.56. The summed E-state index contributed by atoms with van der Waals surface area (Å²) in [7, 11) is 0. The molecule has 4 heteroatoms. The minimum atomic E-state index is 0.245. The molecule has 0 unspecified atom stereocenters. The van der Waals surface area contributed by atoms with E-state index in [0.717, 1.165) is 12.2 Å². The van der Waals surface area contributed by atoms with E-state index in [4.69, 9.17) is 9.26 Å². The van der Waals surface area contributed by atoms with Crippen molar-refractivity contribution >= 4 is 0 Å². The maximum Gasteiger partial charge on any atom is 0.229 e. The number of aryl methyl sites for hydroxylation is 1. The molecule has 18 heavy (non-hydrogen) atoms. The third-order valence-electron chi connectivity index (χ3n) is 2.65. The van der Waals surface area contributed by atoms with Crippen LogP contribution in [0.25, 0.3) is 0 Å². The molecule has 0 N–H and O–H groups in total. The second kappa shape index (κ2) is 5.67. The van der Waals surface area contributed by atoms with Crippen LogP contribution in [-0.4, -0.2) is 10.1 Å². The molecule has 0 saturated carbocycles. The highest BCUT2D eigenvalue weighted by Crippen LogP contribution is 2.16. The summed E-state index contributed by atoms with van der Waals surface area (Å²) >= 11 is 0. The largest absolute Gasteiger partial charge is 0.485 e. The van der Waals surface area contributed by atoms with Gasteiger partial charge in [0.2, 0.25) is 11.7 Å². The molecule has 0 bridgehead atoms. The number of hydrogen-bond acceptors (Lipinski definition) is 4. The Morgan fingerprint density at radius 3 is 2.83 bits per heavy atom. The summed E-state index contributed by atoms with van der Waals surface area (Å²) < 4.78 is 10.8. The van der Waals surface area contributed by atoms with Crippen LogP contribution in [0.4, 0.5) is 0 Å². The molecule has 2 rings (SSSR count). The topological polar surface area (TPSA) is 48.2 Å². The van der Waals surface area contributed by atoms with E-state index in [2.05, 4.69) is 23.1 Å². The van der Waals surface area contributed by atoms with Gasteiger partial charge < -0.3 is 9.26 Å². The Labute approximate surface area is 107 Å². The fraction of sp³-hybridized carbons (Fsp3) is 0.429. The molecular weight excluding hydrogens is 228 g/mol. The summed E-state index contributed by atoms with van der Waals surface area (Å²) in [6.45, 7) is 6.49. The van der Waals surface area contributed by atoms with Gasteiger partial charge >= 0.3 is 0 Å². The van der Waals surface area contributed by atoms with Gasteiger partial charge in [0.25, 0.3) is 0 Å². The molecular formula is C14H18N2O2. The van der Waals surface area contributed by atoms with E-state index in [1.54, 1.807) is 0 Å². The first kappa shape index (κ1) is 12.6. The third-order valence-corrected chi connectivity index (χ3v) is 2.65. The molecule has 4 nitrogen and oxygen atoms in total. The molecule has 0 aliphatic rings. The summed E-state index contributed by atoms with van der Waals surface area (Å²) in [5.41, 5.74) is 1.25. The zero-order valence-electron chi connectivity index (χ0n) is 11.0. The van der Waals surface area contributed by atoms with Crippen molar-refractivity contribution in [2.45, 2.75) is 39.7 Å². The monoisotopic (exact) mass is 246 g/mol. The zero-order chi connectivity index (χ0) is 13.0. The van der Waals surface area contributed by atoms with Gasteiger partial charge in [0, 0.05) is 5.92 Å². The Morgan fingerprint density at radius 2 is 2.17 bits per heavy atom. The smallest absolute Gasteiger partial charge is 0.229 e. The highest BCUT2D eigenvalue weighted by molar-refractivity contribution is 5.28. The number of rotatable bonds is 5. The van der Waals surface area contributed by atoms with Gasteiger partial charge in [-0.3, -0.25) is 0 Å². The van der Waals surface area contributed by atoms with Crippen LogP contribution in [-0.2, 0) is 13.0 Å². The Hall–Kier alpha value is -1.84. The van der Waals surface area contributed by atoms with Crippen LogP contribution in [0.15, 0.2) is 28.8 Å². The van der Waals surface area contributed by atoms with E-state index in [0.29, 0.717) is 18.3 Å². The molecule has 2 aromatic rings. The number of aromatic nitrogens is 2. The van der Waals surface area contributed by atoms with E-state index in [1.165, 1.54) is 5.56 Å². The number of nitrogens with zero attached hydrogens (tertiary/aromatic N) is 2. The highest BCUT2D eigenvalue weighted by atomic mass is 16.5. The summed E-state index contributed by atoms with van der Waals surface area (Å²) in [5.74, 6) is 2.32. The first-order valence-electron chi connectivity index (χ1n) is 6.23. The normalized spacial score (nSPS) is 10.9. The Morgan fingerprint density at radius 1 is 1.33 bits per heavy atom. The molecule has 0 saturated heterocycles. The summed E-state index contributed by atoms with van der Waals surface area (Å²) in [4.78, 5) is 4.26. The first-order chi connectivity index (χ1) is 8.69. The van der Waals surface area contributed by atoms with Crippen molar-refractivity contribution < 1.29 is 9.26 Å². The van der Waals surface area contributed by atoms with Crippen LogP contribution in [0.2, 0.25) is 0 Å². The lowest BCUT2D eigenvalue weighted by molar-refractivity contribution is 0.284. The standard InChI is InChI=1S/C14H18N2O2/c1-4-11-6-5-7-12(8-11)17-9-13-15-14(10(2)3)18-16-13/h5-8,10H,4,9H2,1-3H3. The van der Waals surface area contributed by atoms with Crippen LogP contribution in [0.3, 0.4) is 0 Å². The Kier molecular flexibility index (Phi) is 3.97. The molecule has 96 valence electrons.